The van der Waals surface area contributed by atoms with E-state index in [4.69, 9.17) is 4.74 Å². The van der Waals surface area contributed by atoms with E-state index in [-0.39, 0.29) is 17.6 Å². The van der Waals surface area contributed by atoms with Gasteiger partial charge in [-0.15, -0.1) is 0 Å². The number of hydrogen-bond donors (Lipinski definition) is 1. The molecular formula is C20H19F3N2O2. The molecular weight excluding hydrogens is 357 g/mol. The maximum atomic E-state index is 12.8. The third kappa shape index (κ3) is 4.48. The molecule has 3 rings (SSSR count). The first kappa shape index (κ1) is 18.9. The number of amidine groups is 1. The third-order valence-corrected chi connectivity index (χ3v) is 4.48. The lowest BCUT2D eigenvalue weighted by molar-refractivity contribution is -0.137. The molecule has 1 aliphatic carbocycles. The number of nitrogens with one attached hydrogen (secondary N) is 1. The molecule has 2 aromatic rings. The molecule has 27 heavy (non-hydrogen) atoms. The Hall–Kier alpha value is -2.83. The molecule has 0 saturated carbocycles. The van der Waals surface area contributed by atoms with E-state index in [2.05, 4.69) is 10.3 Å². The molecule has 0 heterocycles. The van der Waals surface area contributed by atoms with Gasteiger partial charge >= 0.3 is 6.18 Å². The Morgan fingerprint density at radius 1 is 1.19 bits per heavy atom. The molecule has 0 aromatic heterocycles. The van der Waals surface area contributed by atoms with Gasteiger partial charge in [0.1, 0.15) is 0 Å². The number of carbonyl (C=O) groups excluding carboxylic acids is 1. The molecule has 0 bridgehead atoms. The van der Waals surface area contributed by atoms with Crippen LogP contribution in [0.4, 0.5) is 13.2 Å². The predicted molar refractivity (Wildman–Crippen MR) is 95.5 cm³/mol. The average Bonchev–Trinajstić information content (AvgIpc) is 2.67. The first-order valence-electron chi connectivity index (χ1n) is 8.56. The Morgan fingerprint density at radius 2 is 1.96 bits per heavy atom. The van der Waals surface area contributed by atoms with Crippen molar-refractivity contribution in [1.29, 1.82) is 0 Å². The van der Waals surface area contributed by atoms with E-state index >= 15 is 0 Å². The van der Waals surface area contributed by atoms with E-state index < -0.39 is 17.6 Å². The van der Waals surface area contributed by atoms with Crippen LogP contribution in [0.2, 0.25) is 0 Å². The number of hydrogen-bond acceptors (Lipinski definition) is 3. The minimum Gasteiger partial charge on any atom is -0.468 e. The number of aliphatic imine (C=N–C) groups is 1. The van der Waals surface area contributed by atoms with Crippen molar-refractivity contribution in [3.05, 3.63) is 70.8 Å². The van der Waals surface area contributed by atoms with E-state index in [1.54, 1.807) is 0 Å². The average molecular weight is 376 g/mol. The Balaban J connectivity index is 1.80. The van der Waals surface area contributed by atoms with E-state index in [9.17, 15) is 18.0 Å². The van der Waals surface area contributed by atoms with E-state index in [0.717, 1.165) is 37.0 Å². The van der Waals surface area contributed by atoms with Gasteiger partial charge in [0.2, 0.25) is 0 Å². The number of amides is 1. The zero-order valence-corrected chi connectivity index (χ0v) is 14.7. The third-order valence-electron chi connectivity index (χ3n) is 4.48. The summed E-state index contributed by atoms with van der Waals surface area (Å²) in [5.74, 6) is -0.703. The number of alkyl halides is 3. The number of benzene rings is 2. The maximum absolute atomic E-state index is 12.8. The van der Waals surface area contributed by atoms with Crippen LogP contribution in [0.1, 0.15) is 45.9 Å². The number of ether oxygens (including phenoxy) is 1. The lowest BCUT2D eigenvalue weighted by atomic mass is 9.88. The monoisotopic (exact) mass is 376 g/mol. The molecule has 142 valence electrons. The predicted octanol–water partition coefficient (Wildman–Crippen LogP) is 4.52. The smallest absolute Gasteiger partial charge is 0.416 e. The molecule has 0 unspecified atom stereocenters. The van der Waals surface area contributed by atoms with E-state index in [1.807, 2.05) is 24.3 Å². The molecule has 1 atom stereocenters. The van der Waals surface area contributed by atoms with Crippen LogP contribution in [-0.2, 0) is 17.3 Å². The molecule has 2 aromatic carbocycles. The van der Waals surface area contributed by atoms with Crippen molar-refractivity contribution in [2.75, 3.05) is 7.11 Å². The lowest BCUT2D eigenvalue weighted by Crippen LogP contribution is -2.32. The summed E-state index contributed by atoms with van der Waals surface area (Å²) in [5, 5.41) is 2.46. The minimum absolute atomic E-state index is 0.0147. The summed E-state index contributed by atoms with van der Waals surface area (Å²) >= 11 is 0. The first-order chi connectivity index (χ1) is 12.9. The second-order valence-electron chi connectivity index (χ2n) is 6.28. The Bertz CT molecular complexity index is 862. The normalized spacial score (nSPS) is 17.2. The van der Waals surface area contributed by atoms with Crippen molar-refractivity contribution in [1.82, 2.24) is 5.32 Å². The van der Waals surface area contributed by atoms with Crippen LogP contribution in [-0.4, -0.2) is 19.0 Å². The van der Waals surface area contributed by atoms with Gasteiger partial charge in [0.15, 0.2) is 0 Å². The molecule has 0 radical (unpaired) electrons. The number of methoxy groups -OCH3 is 1. The second kappa shape index (κ2) is 7.82. The van der Waals surface area contributed by atoms with Gasteiger partial charge < -0.3 is 4.74 Å². The van der Waals surface area contributed by atoms with Gasteiger partial charge in [-0.25, -0.2) is 4.99 Å². The largest absolute Gasteiger partial charge is 0.468 e. The van der Waals surface area contributed by atoms with Crippen molar-refractivity contribution in [3.63, 3.8) is 0 Å². The fourth-order valence-corrected chi connectivity index (χ4v) is 3.15. The highest BCUT2D eigenvalue weighted by Gasteiger charge is 2.31. The molecule has 1 N–H and O–H groups in total. The quantitative estimate of drug-likeness (QED) is 0.619. The topological polar surface area (TPSA) is 50.7 Å². The van der Waals surface area contributed by atoms with Gasteiger partial charge in [-0.3, -0.25) is 10.1 Å². The summed E-state index contributed by atoms with van der Waals surface area (Å²) < 4.78 is 43.6. The molecule has 4 nitrogen and oxygen atoms in total. The van der Waals surface area contributed by atoms with Gasteiger partial charge in [-0.1, -0.05) is 30.3 Å². The summed E-state index contributed by atoms with van der Waals surface area (Å²) in [6.07, 6.45) is -1.77. The van der Waals surface area contributed by atoms with Gasteiger partial charge in [0.25, 0.3) is 11.9 Å². The van der Waals surface area contributed by atoms with Gasteiger partial charge in [-0.2, -0.15) is 13.2 Å². The van der Waals surface area contributed by atoms with Crippen LogP contribution in [0.3, 0.4) is 0 Å². The fraction of sp³-hybridized carbons (Fsp3) is 0.300. The number of nitrogens with zero attached hydrogens (tertiary/aromatic N) is 1. The first-order valence-corrected chi connectivity index (χ1v) is 8.56. The van der Waals surface area contributed by atoms with Gasteiger partial charge in [-0.05, 0) is 48.6 Å². The Kier molecular flexibility index (Phi) is 5.48. The molecule has 0 saturated heterocycles. The fourth-order valence-electron chi connectivity index (χ4n) is 3.15. The lowest BCUT2D eigenvalue weighted by Gasteiger charge is -2.23. The summed E-state index contributed by atoms with van der Waals surface area (Å²) in [6.45, 7) is 0. The van der Waals surface area contributed by atoms with Crippen LogP contribution < -0.4 is 5.32 Å². The van der Waals surface area contributed by atoms with Crippen molar-refractivity contribution in [2.45, 2.75) is 31.5 Å². The van der Waals surface area contributed by atoms with Gasteiger partial charge in [0, 0.05) is 5.56 Å². The van der Waals surface area contributed by atoms with Crippen LogP contribution >= 0.6 is 0 Å². The van der Waals surface area contributed by atoms with Crippen LogP contribution in [0.5, 0.6) is 0 Å². The zero-order valence-electron chi connectivity index (χ0n) is 14.7. The highest BCUT2D eigenvalue weighted by molar-refractivity contribution is 6.04. The standard InChI is InChI=1S/C20H19F3N2O2/c1-27-19(24-17-11-5-7-13-6-2-3-10-16(13)17)25-18(26)14-8-4-9-15(12-14)20(21,22)23/h2-4,6,8-10,12,17H,5,7,11H2,1H3,(H,24,25,26)/t17-/m1/s1. The zero-order chi connectivity index (χ0) is 19.4. The number of halogens is 3. The van der Waals surface area contributed by atoms with Crippen molar-refractivity contribution < 1.29 is 22.7 Å². The molecule has 0 spiro atoms. The van der Waals surface area contributed by atoms with Crippen LogP contribution in [0.25, 0.3) is 0 Å². The Labute approximate surface area is 155 Å². The van der Waals surface area contributed by atoms with Crippen molar-refractivity contribution in [3.8, 4) is 0 Å². The molecule has 7 heteroatoms. The minimum atomic E-state index is -4.51. The number of aryl methyl sites for hydroxylation is 1. The second-order valence-corrected chi connectivity index (χ2v) is 6.28. The SMILES string of the molecule is COC(=N[C@@H]1CCCc2ccccc21)NC(=O)c1cccc(C(F)(F)F)c1. The number of carbonyl (C=O) groups is 1. The summed E-state index contributed by atoms with van der Waals surface area (Å²) in [7, 11) is 1.36. The number of rotatable bonds is 2. The Morgan fingerprint density at radius 3 is 2.70 bits per heavy atom. The van der Waals surface area contributed by atoms with E-state index in [1.165, 1.54) is 24.8 Å². The van der Waals surface area contributed by atoms with Crippen LogP contribution in [0.15, 0.2) is 53.5 Å². The highest BCUT2D eigenvalue weighted by atomic mass is 19.4. The molecule has 1 amide bonds. The summed E-state index contributed by atoms with van der Waals surface area (Å²) in [5.41, 5.74) is 1.29. The van der Waals surface area contributed by atoms with E-state index in [0.29, 0.717) is 0 Å². The number of fused-ring (bicyclic) bond motifs is 1. The molecule has 1 aliphatic rings. The summed E-state index contributed by atoms with van der Waals surface area (Å²) in [4.78, 5) is 16.8. The van der Waals surface area contributed by atoms with Gasteiger partial charge in [0.05, 0.1) is 18.7 Å². The molecule has 0 aliphatic heterocycles. The maximum Gasteiger partial charge on any atom is 0.416 e. The van der Waals surface area contributed by atoms with Crippen LogP contribution in [0, 0.1) is 0 Å². The van der Waals surface area contributed by atoms with Crippen molar-refractivity contribution >= 4 is 11.9 Å². The molecule has 0 fully saturated rings. The van der Waals surface area contributed by atoms with Crippen molar-refractivity contribution in [2.24, 2.45) is 4.99 Å². The summed E-state index contributed by atoms with van der Waals surface area (Å²) in [6, 6.07) is 12.0. The highest BCUT2D eigenvalue weighted by Crippen LogP contribution is 2.32.